The Labute approximate surface area is 723 Å². The van der Waals surface area contributed by atoms with Crippen molar-refractivity contribution in [2.45, 2.75) is 225 Å². The number of carbonyl (C=O) groups excluding carboxylic acids is 8. The van der Waals surface area contributed by atoms with Gasteiger partial charge in [-0.2, -0.15) is 0 Å². The summed E-state index contributed by atoms with van der Waals surface area (Å²) >= 11 is 12.9. The maximum atomic E-state index is 13.2. The summed E-state index contributed by atoms with van der Waals surface area (Å²) in [7, 11) is 0. The number of piperidine rings is 5. The number of esters is 3. The van der Waals surface area contributed by atoms with Gasteiger partial charge in [-0.15, -0.1) is 0 Å². The number of rotatable bonds is 15. The first-order valence-corrected chi connectivity index (χ1v) is 43.7. The highest BCUT2D eigenvalue weighted by atomic mass is 35.5. The van der Waals surface area contributed by atoms with E-state index in [0.29, 0.717) is 76.0 Å². The van der Waals surface area contributed by atoms with Crippen molar-refractivity contribution in [2.24, 2.45) is 21.4 Å². The van der Waals surface area contributed by atoms with Crippen molar-refractivity contribution in [2.75, 3.05) is 98.5 Å². The molecule has 6 N–H and O–H groups in total. The van der Waals surface area contributed by atoms with Gasteiger partial charge in [0.1, 0.15) is 82.7 Å². The van der Waals surface area contributed by atoms with Crippen LogP contribution < -0.4 is 0 Å². The van der Waals surface area contributed by atoms with Crippen molar-refractivity contribution >= 4 is 87.8 Å². The summed E-state index contributed by atoms with van der Waals surface area (Å²) in [5.74, 6) is -4.86. The number of cyclic esters (lactones) is 3. The zero-order valence-electron chi connectivity index (χ0n) is 70.6. The number of phenolic OH excluding ortho intramolecular Hbond substituents is 6. The van der Waals surface area contributed by atoms with Crippen LogP contribution in [0, 0.1) is 5.92 Å². The highest BCUT2D eigenvalue weighted by molar-refractivity contribution is 6.34. The summed E-state index contributed by atoms with van der Waals surface area (Å²) in [6, 6.07) is 4.54. The molecule has 0 aromatic heterocycles. The standard InChI is InChI=1S/2C32H42ClN3O8.C26H36N2O6/c2*1-22-10-8-12-24(42-20-28(39)35-14-4-2-5-15-35)13-9-11-23(34-43-21-29(40)36-16-6-3-7-17-36)18-25-30(32(41)44-22)26(37)19-27(38)31(25)33;1-18-9-5-3-6-10-19(2)34-26(32)25-20(15-22(29)16-23(25)30)14-21(13-18)27-33-17-24(31)28-11-7-4-8-12-28/h2*8-9,11-12,19,22,24,37-38H,2-7,10,13-18,20-21H2,1H3;3,6,15-16,18-19,29-30H,4-5,7-14,17H2,1-2H3/b2*11-9+,12-8+,34-23-;6-3+,27-21-/t2*22?,24-;/m11./s1. The second-order valence-electron chi connectivity index (χ2n) is 32.1. The first-order chi connectivity index (χ1) is 58.8. The third kappa shape index (κ3) is 30.7. The van der Waals surface area contributed by atoms with E-state index < -0.39 is 65.3 Å². The number of halogens is 2. The number of fused-ring (bicyclic) bond motifs is 3. The molecule has 5 fully saturated rings. The highest BCUT2D eigenvalue weighted by Gasteiger charge is 2.31. The fourth-order valence-corrected chi connectivity index (χ4v) is 15.7. The number of phenols is 6. The number of allylic oxidation sites excluding steroid dienone is 3. The molecule has 4 unspecified atom stereocenters. The fraction of sp³-hybridized carbons (Fsp3) is 0.567. The lowest BCUT2D eigenvalue weighted by Crippen LogP contribution is -2.38. The minimum Gasteiger partial charge on any atom is -0.508 e. The molecule has 666 valence electrons. The van der Waals surface area contributed by atoms with Gasteiger partial charge in [0, 0.05) is 122 Å². The summed E-state index contributed by atoms with van der Waals surface area (Å²) in [5.41, 5.74) is 1.41. The Kier molecular flexibility index (Phi) is 39.1. The third-order valence-corrected chi connectivity index (χ3v) is 22.9. The van der Waals surface area contributed by atoms with E-state index in [0.717, 1.165) is 167 Å². The Balaban J connectivity index is 0.000000210. The van der Waals surface area contributed by atoms with Crippen molar-refractivity contribution in [1.29, 1.82) is 0 Å². The van der Waals surface area contributed by atoms with Gasteiger partial charge in [0.15, 0.2) is 19.8 Å². The number of nitrogens with zero attached hydrogens (tertiary/aromatic N) is 8. The normalized spacial score (nSPS) is 24.3. The van der Waals surface area contributed by atoms with Crippen LogP contribution in [0.5, 0.6) is 34.5 Å². The van der Waals surface area contributed by atoms with E-state index >= 15 is 0 Å². The minimum absolute atomic E-state index is 0.00966. The first-order valence-electron chi connectivity index (χ1n) is 42.9. The monoisotopic (exact) mass is 1730 g/mol. The van der Waals surface area contributed by atoms with E-state index in [1.807, 2.05) is 40.2 Å². The number of aromatic hydroxyl groups is 6. The van der Waals surface area contributed by atoms with Crippen LogP contribution in [-0.2, 0) is 81.4 Å². The SMILES string of the molecule is CC1C/C=C/[C@@H](OCC(=O)N2CCCCC2)C/C=C/C(=N/OCC(=O)N2CCCCC2)Cc2c(Cl)c(O)cc(O)c2C(=O)O1.CC1C/C=C/[C@@H](OCC(=O)N2CCCCC2)C/C=C/C(=N/OCC(=O)N2CCCCC2)Cc2c(Cl)c(O)cc(O)c2C(=O)O1.CC1CC/C=C/CC(C)OC(=O)c2c(O)cc(O)cc2C/C(=N\OCC(=O)N2CCCCC2)C1. The van der Waals surface area contributed by atoms with E-state index in [9.17, 15) is 69.0 Å². The number of oxime groups is 3. The fourth-order valence-electron chi connectivity index (χ4n) is 15.3. The number of benzene rings is 3. The van der Waals surface area contributed by atoms with E-state index in [4.69, 9.17) is 61.4 Å². The third-order valence-electron chi connectivity index (χ3n) is 22.0. The lowest BCUT2D eigenvalue weighted by molar-refractivity contribution is -0.138. The molecule has 0 bridgehead atoms. The highest BCUT2D eigenvalue weighted by Crippen LogP contribution is 2.40. The number of hydrogen-bond donors (Lipinski definition) is 6. The zero-order valence-corrected chi connectivity index (χ0v) is 72.1. The predicted octanol–water partition coefficient (Wildman–Crippen LogP) is 13.4. The van der Waals surface area contributed by atoms with E-state index in [1.54, 1.807) is 59.8 Å². The topological polar surface area (TPSA) is 385 Å². The van der Waals surface area contributed by atoms with Gasteiger partial charge in [0.05, 0.1) is 39.4 Å². The number of amides is 5. The Hall–Kier alpha value is -10.2. The largest absolute Gasteiger partial charge is 0.508 e. The summed E-state index contributed by atoms with van der Waals surface area (Å²) in [6.45, 7) is 13.7. The van der Waals surface area contributed by atoms with Crippen LogP contribution >= 0.6 is 23.2 Å². The van der Waals surface area contributed by atoms with E-state index in [-0.39, 0.29) is 155 Å². The molecule has 0 radical (unpaired) electrons. The molecule has 122 heavy (non-hydrogen) atoms. The molecule has 0 spiro atoms. The van der Waals surface area contributed by atoms with Gasteiger partial charge in [-0.25, -0.2) is 14.4 Å². The lowest BCUT2D eigenvalue weighted by Gasteiger charge is -2.27. The molecule has 6 atom stereocenters. The van der Waals surface area contributed by atoms with Crippen LogP contribution in [0.4, 0.5) is 0 Å². The van der Waals surface area contributed by atoms with Crippen LogP contribution in [0.25, 0.3) is 0 Å². The van der Waals surface area contributed by atoms with Crippen LogP contribution in [0.15, 0.2) is 100 Å². The van der Waals surface area contributed by atoms with Crippen LogP contribution in [-0.4, -0.2) is 249 Å². The average Bonchev–Trinajstić information content (AvgIpc) is 0.795. The van der Waals surface area contributed by atoms with Gasteiger partial charge in [0.25, 0.3) is 17.7 Å². The van der Waals surface area contributed by atoms with E-state index in [2.05, 4.69) is 28.5 Å². The summed E-state index contributed by atoms with van der Waals surface area (Å²) in [6.07, 6.45) is 35.6. The minimum atomic E-state index is -0.818. The Morgan fingerprint density at radius 1 is 0.402 bits per heavy atom. The summed E-state index contributed by atoms with van der Waals surface area (Å²) < 4.78 is 28.7. The molecule has 5 amide bonds. The van der Waals surface area contributed by atoms with Crippen LogP contribution in [0.1, 0.15) is 223 Å². The molecule has 30 nitrogen and oxygen atoms in total. The van der Waals surface area contributed by atoms with Crippen LogP contribution in [0.3, 0.4) is 0 Å². The molecule has 8 aliphatic rings. The average molecular weight is 1740 g/mol. The van der Waals surface area contributed by atoms with Gasteiger partial charge in [-0.3, -0.25) is 24.0 Å². The van der Waals surface area contributed by atoms with Gasteiger partial charge in [-0.05, 0) is 190 Å². The quantitative estimate of drug-likeness (QED) is 0.0356. The molecule has 0 saturated carbocycles. The second-order valence-corrected chi connectivity index (χ2v) is 32.8. The molecule has 0 aliphatic carbocycles. The second kappa shape index (κ2) is 49.8. The number of likely N-dealkylation sites (tertiary alicyclic amines) is 5. The van der Waals surface area contributed by atoms with Gasteiger partial charge in [-0.1, -0.05) is 94.2 Å². The molecule has 3 aromatic rings. The maximum Gasteiger partial charge on any atom is 0.342 e. The molecule has 11 rings (SSSR count). The lowest BCUT2D eigenvalue weighted by atomic mass is 9.93. The number of hydrogen-bond acceptors (Lipinski definition) is 25. The Morgan fingerprint density at radius 3 is 1.13 bits per heavy atom. The van der Waals surface area contributed by atoms with Gasteiger partial charge in [0.2, 0.25) is 11.8 Å². The maximum absolute atomic E-state index is 13.2. The van der Waals surface area contributed by atoms with E-state index in [1.165, 1.54) is 6.07 Å². The number of carbonyl (C=O) groups is 8. The molecule has 3 aromatic carbocycles. The van der Waals surface area contributed by atoms with Crippen molar-refractivity contribution in [3.05, 3.63) is 128 Å². The zero-order chi connectivity index (χ0) is 87.5. The molecule has 8 aliphatic heterocycles. The molecular weight excluding hydrogens is 1620 g/mol. The Bertz CT molecular complexity index is 4110. The molecular formula is C90H120Cl2N8O22. The van der Waals surface area contributed by atoms with Crippen molar-refractivity contribution in [1.82, 2.24) is 24.5 Å². The van der Waals surface area contributed by atoms with Gasteiger partial charge >= 0.3 is 17.9 Å². The van der Waals surface area contributed by atoms with Crippen LogP contribution in [0.2, 0.25) is 10.0 Å². The first kappa shape index (κ1) is 95.7. The molecule has 32 heteroatoms. The van der Waals surface area contributed by atoms with Crippen molar-refractivity contribution in [3.8, 4) is 34.5 Å². The van der Waals surface area contributed by atoms with Gasteiger partial charge < -0.3 is 93.3 Å². The smallest absolute Gasteiger partial charge is 0.342 e. The van der Waals surface area contributed by atoms with Crippen molar-refractivity contribution < 1.29 is 107 Å². The number of ether oxygens (including phenoxy) is 5. The molecule has 5 saturated heterocycles. The Morgan fingerprint density at radius 2 is 0.746 bits per heavy atom. The predicted molar refractivity (Wildman–Crippen MR) is 459 cm³/mol. The summed E-state index contributed by atoms with van der Waals surface area (Å²) in [5, 5.41) is 74.7. The molecule has 8 heterocycles. The summed E-state index contributed by atoms with van der Waals surface area (Å²) in [4.78, 5) is 128. The van der Waals surface area contributed by atoms with Crippen molar-refractivity contribution in [3.63, 3.8) is 0 Å².